The van der Waals surface area contributed by atoms with Gasteiger partial charge in [-0.2, -0.15) is 0 Å². The first-order chi connectivity index (χ1) is 7.31. The van der Waals surface area contributed by atoms with E-state index in [2.05, 4.69) is 11.1 Å². The van der Waals surface area contributed by atoms with Gasteiger partial charge in [-0.25, -0.2) is 0 Å². The molecule has 1 saturated carbocycles. The van der Waals surface area contributed by atoms with Crippen molar-refractivity contribution in [3.8, 4) is 5.75 Å². The summed E-state index contributed by atoms with van der Waals surface area (Å²) in [6, 6.07) is 4.17. The van der Waals surface area contributed by atoms with Crippen LogP contribution in [0.4, 0.5) is 0 Å². The number of ether oxygens (including phenoxy) is 1. The molecule has 0 bridgehead atoms. The molecule has 1 aliphatic carbocycles. The molecule has 0 atom stereocenters. The van der Waals surface area contributed by atoms with Crippen LogP contribution in [0, 0.1) is 6.92 Å². The van der Waals surface area contributed by atoms with Crippen molar-refractivity contribution >= 4 is 0 Å². The lowest BCUT2D eigenvalue weighted by Gasteiger charge is -2.21. The van der Waals surface area contributed by atoms with Gasteiger partial charge in [-0.3, -0.25) is 4.98 Å². The Bertz CT molecular complexity index is 329. The second kappa shape index (κ2) is 4.65. The van der Waals surface area contributed by atoms with E-state index in [0.29, 0.717) is 5.92 Å². The van der Waals surface area contributed by atoms with Crippen LogP contribution in [0.5, 0.6) is 5.75 Å². The summed E-state index contributed by atoms with van der Waals surface area (Å²) in [5, 5.41) is 0. The maximum atomic E-state index is 5.22. The van der Waals surface area contributed by atoms with Crippen molar-refractivity contribution in [1.29, 1.82) is 0 Å². The number of nitrogens with zero attached hydrogens (tertiary/aromatic N) is 1. The zero-order valence-corrected chi connectivity index (χ0v) is 9.62. The third-order valence-electron chi connectivity index (χ3n) is 3.30. The monoisotopic (exact) mass is 205 g/mol. The van der Waals surface area contributed by atoms with E-state index >= 15 is 0 Å². The number of hydrogen-bond donors (Lipinski definition) is 0. The number of rotatable bonds is 2. The highest BCUT2D eigenvalue weighted by atomic mass is 16.5. The summed E-state index contributed by atoms with van der Waals surface area (Å²) >= 11 is 0. The summed E-state index contributed by atoms with van der Waals surface area (Å²) in [5.41, 5.74) is 2.27. The minimum atomic E-state index is 0.684. The van der Waals surface area contributed by atoms with Crippen molar-refractivity contribution in [2.75, 3.05) is 7.11 Å². The maximum Gasteiger partial charge on any atom is 0.140 e. The van der Waals surface area contributed by atoms with E-state index in [1.165, 1.54) is 37.8 Å². The fourth-order valence-electron chi connectivity index (χ4n) is 2.41. The zero-order chi connectivity index (χ0) is 10.7. The van der Waals surface area contributed by atoms with Crippen molar-refractivity contribution in [3.05, 3.63) is 23.5 Å². The largest absolute Gasteiger partial charge is 0.495 e. The Labute approximate surface area is 91.7 Å². The quantitative estimate of drug-likeness (QED) is 0.737. The number of aryl methyl sites for hydroxylation is 1. The van der Waals surface area contributed by atoms with E-state index in [0.717, 1.165) is 11.4 Å². The van der Waals surface area contributed by atoms with Crippen LogP contribution in [0.2, 0.25) is 0 Å². The van der Waals surface area contributed by atoms with Crippen LogP contribution in [-0.2, 0) is 0 Å². The predicted octanol–water partition coefficient (Wildman–Crippen LogP) is 3.45. The molecule has 0 N–H and O–H groups in total. The van der Waals surface area contributed by atoms with Crippen molar-refractivity contribution in [2.24, 2.45) is 0 Å². The highest BCUT2D eigenvalue weighted by molar-refractivity contribution is 5.29. The Hall–Kier alpha value is -1.05. The molecule has 82 valence electrons. The molecule has 2 nitrogen and oxygen atoms in total. The van der Waals surface area contributed by atoms with Crippen LogP contribution in [0.25, 0.3) is 0 Å². The van der Waals surface area contributed by atoms with E-state index in [9.17, 15) is 0 Å². The topological polar surface area (TPSA) is 22.1 Å². The van der Waals surface area contributed by atoms with Gasteiger partial charge in [-0.15, -0.1) is 0 Å². The van der Waals surface area contributed by atoms with Gasteiger partial charge in [0, 0.05) is 11.6 Å². The van der Waals surface area contributed by atoms with Gasteiger partial charge < -0.3 is 4.74 Å². The second-order valence-corrected chi connectivity index (χ2v) is 4.36. The molecule has 15 heavy (non-hydrogen) atoms. The first kappa shape index (κ1) is 10.5. The molecular weight excluding hydrogens is 186 g/mol. The standard InChI is InChI=1S/C13H19NO/c1-10-13(15-2)9-8-12(14-10)11-6-4-3-5-7-11/h8-9,11H,3-7H2,1-2H3. The van der Waals surface area contributed by atoms with Gasteiger partial charge in [-0.1, -0.05) is 19.3 Å². The lowest BCUT2D eigenvalue weighted by molar-refractivity contribution is 0.405. The van der Waals surface area contributed by atoms with Gasteiger partial charge in [-0.05, 0) is 31.9 Å². The Balaban J connectivity index is 2.17. The molecule has 0 radical (unpaired) electrons. The summed E-state index contributed by atoms with van der Waals surface area (Å²) in [5.74, 6) is 1.58. The second-order valence-electron chi connectivity index (χ2n) is 4.36. The third kappa shape index (κ3) is 2.31. The fraction of sp³-hybridized carbons (Fsp3) is 0.615. The molecular formula is C13H19NO. The SMILES string of the molecule is COc1ccc(C2CCCCC2)nc1C. The molecule has 0 spiro atoms. The molecule has 0 unspecified atom stereocenters. The summed E-state index contributed by atoms with van der Waals surface area (Å²) in [6.07, 6.45) is 6.72. The molecule has 1 heterocycles. The van der Waals surface area contributed by atoms with E-state index < -0.39 is 0 Å². The fourth-order valence-corrected chi connectivity index (χ4v) is 2.41. The lowest BCUT2D eigenvalue weighted by Crippen LogP contribution is -2.07. The molecule has 0 saturated heterocycles. The van der Waals surface area contributed by atoms with Gasteiger partial charge in [0.2, 0.25) is 0 Å². The van der Waals surface area contributed by atoms with Crippen LogP contribution in [0.1, 0.15) is 49.4 Å². The van der Waals surface area contributed by atoms with Gasteiger partial charge in [0.1, 0.15) is 5.75 Å². The molecule has 0 amide bonds. The van der Waals surface area contributed by atoms with Crippen LogP contribution in [0.3, 0.4) is 0 Å². The molecule has 1 aliphatic rings. The smallest absolute Gasteiger partial charge is 0.140 e. The average molecular weight is 205 g/mol. The minimum absolute atomic E-state index is 0.684. The minimum Gasteiger partial charge on any atom is -0.495 e. The molecule has 1 fully saturated rings. The first-order valence-corrected chi connectivity index (χ1v) is 5.83. The average Bonchev–Trinajstić information content (AvgIpc) is 2.30. The normalized spacial score (nSPS) is 17.7. The Morgan fingerprint density at radius 1 is 1.20 bits per heavy atom. The first-order valence-electron chi connectivity index (χ1n) is 5.83. The predicted molar refractivity (Wildman–Crippen MR) is 61.4 cm³/mol. The highest BCUT2D eigenvalue weighted by Crippen LogP contribution is 2.32. The summed E-state index contributed by atoms with van der Waals surface area (Å²) in [6.45, 7) is 2.02. The molecule has 1 aromatic heterocycles. The Morgan fingerprint density at radius 2 is 1.93 bits per heavy atom. The highest BCUT2D eigenvalue weighted by Gasteiger charge is 2.17. The molecule has 1 aromatic rings. The summed E-state index contributed by atoms with van der Waals surface area (Å²) < 4.78 is 5.22. The van der Waals surface area contributed by atoms with Crippen LogP contribution < -0.4 is 4.74 Å². The number of methoxy groups -OCH3 is 1. The molecule has 0 aliphatic heterocycles. The molecule has 0 aromatic carbocycles. The van der Waals surface area contributed by atoms with E-state index in [4.69, 9.17) is 4.74 Å². The number of aromatic nitrogens is 1. The number of hydrogen-bond acceptors (Lipinski definition) is 2. The van der Waals surface area contributed by atoms with Gasteiger partial charge in [0.25, 0.3) is 0 Å². The Kier molecular flexibility index (Phi) is 3.24. The van der Waals surface area contributed by atoms with E-state index in [1.54, 1.807) is 7.11 Å². The van der Waals surface area contributed by atoms with E-state index in [1.807, 2.05) is 13.0 Å². The zero-order valence-electron chi connectivity index (χ0n) is 9.62. The van der Waals surface area contributed by atoms with E-state index in [-0.39, 0.29) is 0 Å². The number of pyridine rings is 1. The lowest BCUT2D eigenvalue weighted by atomic mass is 9.86. The van der Waals surface area contributed by atoms with Crippen LogP contribution in [0.15, 0.2) is 12.1 Å². The Morgan fingerprint density at radius 3 is 2.53 bits per heavy atom. The van der Waals surface area contributed by atoms with Crippen molar-refractivity contribution in [1.82, 2.24) is 4.98 Å². The molecule has 2 rings (SSSR count). The maximum absolute atomic E-state index is 5.22. The van der Waals surface area contributed by atoms with Crippen LogP contribution >= 0.6 is 0 Å². The van der Waals surface area contributed by atoms with Crippen molar-refractivity contribution in [2.45, 2.75) is 44.9 Å². The third-order valence-corrected chi connectivity index (χ3v) is 3.30. The summed E-state index contributed by atoms with van der Waals surface area (Å²) in [7, 11) is 1.70. The molecule has 2 heteroatoms. The van der Waals surface area contributed by atoms with Gasteiger partial charge in [0.05, 0.1) is 12.8 Å². The van der Waals surface area contributed by atoms with Crippen molar-refractivity contribution in [3.63, 3.8) is 0 Å². The van der Waals surface area contributed by atoms with Gasteiger partial charge >= 0.3 is 0 Å². The van der Waals surface area contributed by atoms with Gasteiger partial charge in [0.15, 0.2) is 0 Å². The van der Waals surface area contributed by atoms with Crippen LogP contribution in [-0.4, -0.2) is 12.1 Å². The summed E-state index contributed by atoms with van der Waals surface area (Å²) in [4.78, 5) is 4.64. The van der Waals surface area contributed by atoms with Crippen molar-refractivity contribution < 1.29 is 4.74 Å².